The summed E-state index contributed by atoms with van der Waals surface area (Å²) < 4.78 is 2.52. The van der Waals surface area contributed by atoms with Gasteiger partial charge in [0.15, 0.2) is 5.16 Å². The number of carbonyl (C=O) groups is 1. The number of thiophene rings is 1. The van der Waals surface area contributed by atoms with E-state index in [2.05, 4.69) is 29.6 Å². The lowest BCUT2D eigenvalue weighted by molar-refractivity contribution is -0.121. The molecule has 2 aromatic heterocycles. The lowest BCUT2D eigenvalue weighted by Crippen LogP contribution is -2.25. The van der Waals surface area contributed by atoms with Gasteiger partial charge in [-0.05, 0) is 41.8 Å². The highest BCUT2D eigenvalue weighted by atomic mass is 32.2. The van der Waals surface area contributed by atoms with Gasteiger partial charge in [-0.3, -0.25) is 14.2 Å². The fourth-order valence-corrected chi connectivity index (χ4v) is 5.52. The highest BCUT2D eigenvalue weighted by molar-refractivity contribution is 7.98. The lowest BCUT2D eigenvalue weighted by atomic mass is 10.1. The third kappa shape index (κ3) is 6.81. The summed E-state index contributed by atoms with van der Waals surface area (Å²) in [6.45, 7) is 1.28. The van der Waals surface area contributed by atoms with E-state index in [1.54, 1.807) is 11.8 Å². The number of fused-ring (bicyclic) bond motifs is 1. The van der Waals surface area contributed by atoms with Crippen LogP contribution in [0.3, 0.4) is 0 Å². The zero-order chi connectivity index (χ0) is 23.6. The van der Waals surface area contributed by atoms with E-state index < -0.39 is 0 Å². The largest absolute Gasteiger partial charge is 0.356 e. The van der Waals surface area contributed by atoms with E-state index in [-0.39, 0.29) is 11.5 Å². The van der Waals surface area contributed by atoms with Crippen LogP contribution in [-0.2, 0) is 23.5 Å². The van der Waals surface area contributed by atoms with E-state index in [9.17, 15) is 9.59 Å². The van der Waals surface area contributed by atoms with Crippen molar-refractivity contribution in [1.29, 1.82) is 0 Å². The lowest BCUT2D eigenvalue weighted by Gasteiger charge is -2.12. The quantitative estimate of drug-likeness (QED) is 0.158. The fourth-order valence-electron chi connectivity index (χ4n) is 3.76. The molecule has 0 atom stereocenters. The Hall–Kier alpha value is -2.90. The van der Waals surface area contributed by atoms with Crippen LogP contribution < -0.4 is 10.9 Å². The number of aromatic nitrogens is 2. The van der Waals surface area contributed by atoms with Gasteiger partial charge in [0.2, 0.25) is 5.91 Å². The minimum Gasteiger partial charge on any atom is -0.356 e. The Morgan fingerprint density at radius 1 is 0.941 bits per heavy atom. The molecule has 2 aromatic carbocycles. The SMILES string of the molecule is O=C(CCCCCn1c(SCc2ccccc2)nc2ccsc2c1=O)NCCc1ccccc1. The number of unbranched alkanes of at least 4 members (excludes halogenated alkanes) is 2. The third-order valence-electron chi connectivity index (χ3n) is 5.61. The highest BCUT2D eigenvalue weighted by Gasteiger charge is 2.13. The number of hydrogen-bond donors (Lipinski definition) is 1. The van der Waals surface area contributed by atoms with Gasteiger partial charge in [-0.2, -0.15) is 0 Å². The maximum absolute atomic E-state index is 13.1. The number of carbonyl (C=O) groups excluding carboxylic acids is 1. The van der Waals surface area contributed by atoms with E-state index >= 15 is 0 Å². The van der Waals surface area contributed by atoms with Gasteiger partial charge in [0.1, 0.15) is 4.70 Å². The predicted octanol–water partition coefficient (Wildman–Crippen LogP) is 5.67. The first-order valence-electron chi connectivity index (χ1n) is 11.7. The van der Waals surface area contributed by atoms with Crippen molar-refractivity contribution < 1.29 is 4.79 Å². The number of hydrogen-bond acceptors (Lipinski definition) is 5. The van der Waals surface area contributed by atoms with Crippen molar-refractivity contribution in [1.82, 2.24) is 14.9 Å². The molecule has 0 aliphatic heterocycles. The molecule has 7 heteroatoms. The minimum atomic E-state index is 0.0363. The molecule has 5 nitrogen and oxygen atoms in total. The molecule has 0 fully saturated rings. The minimum absolute atomic E-state index is 0.0363. The van der Waals surface area contributed by atoms with Crippen LogP contribution in [0, 0.1) is 0 Å². The monoisotopic (exact) mass is 491 g/mol. The van der Waals surface area contributed by atoms with Crippen LogP contribution in [0.4, 0.5) is 0 Å². The Kier molecular flexibility index (Phi) is 8.93. The smallest absolute Gasteiger partial charge is 0.272 e. The Balaban J connectivity index is 1.26. The molecule has 0 aliphatic carbocycles. The van der Waals surface area contributed by atoms with Gasteiger partial charge < -0.3 is 5.32 Å². The number of nitrogens with zero attached hydrogens (tertiary/aromatic N) is 2. The average molecular weight is 492 g/mol. The molecule has 4 rings (SSSR count). The van der Waals surface area contributed by atoms with Gasteiger partial charge in [0.05, 0.1) is 5.52 Å². The number of amides is 1. The number of thioether (sulfide) groups is 1. The summed E-state index contributed by atoms with van der Waals surface area (Å²) in [5.41, 5.74) is 3.24. The number of rotatable bonds is 12. The molecule has 2 heterocycles. The molecule has 0 saturated carbocycles. The molecular weight excluding hydrogens is 462 g/mol. The second-order valence-electron chi connectivity index (χ2n) is 8.16. The van der Waals surface area contributed by atoms with Crippen molar-refractivity contribution in [3.05, 3.63) is 93.6 Å². The summed E-state index contributed by atoms with van der Waals surface area (Å²) >= 11 is 3.05. The summed E-state index contributed by atoms with van der Waals surface area (Å²) in [6, 6.07) is 22.3. The van der Waals surface area contributed by atoms with Crippen LogP contribution in [0.2, 0.25) is 0 Å². The predicted molar refractivity (Wildman–Crippen MR) is 142 cm³/mol. The van der Waals surface area contributed by atoms with Crippen molar-refractivity contribution in [3.8, 4) is 0 Å². The molecule has 176 valence electrons. The number of benzene rings is 2. The molecule has 0 spiro atoms. The van der Waals surface area contributed by atoms with Crippen LogP contribution in [-0.4, -0.2) is 22.0 Å². The average Bonchev–Trinajstić information content (AvgIpc) is 3.34. The molecule has 1 amide bonds. The molecule has 0 unspecified atom stereocenters. The van der Waals surface area contributed by atoms with Crippen molar-refractivity contribution >= 4 is 39.2 Å². The third-order valence-corrected chi connectivity index (χ3v) is 7.54. The van der Waals surface area contributed by atoms with E-state index in [4.69, 9.17) is 4.98 Å². The van der Waals surface area contributed by atoms with Gasteiger partial charge in [0, 0.05) is 25.3 Å². The van der Waals surface area contributed by atoms with E-state index in [1.807, 2.05) is 52.4 Å². The number of nitrogens with one attached hydrogen (secondary N) is 1. The summed E-state index contributed by atoms with van der Waals surface area (Å²) in [5, 5.41) is 5.69. The Morgan fingerprint density at radius 2 is 1.68 bits per heavy atom. The first-order valence-corrected chi connectivity index (χ1v) is 13.5. The molecule has 4 aromatic rings. The molecule has 0 aliphatic rings. The first-order chi connectivity index (χ1) is 16.7. The Labute approximate surface area is 208 Å². The van der Waals surface area contributed by atoms with Crippen LogP contribution in [0.5, 0.6) is 0 Å². The molecule has 0 radical (unpaired) electrons. The van der Waals surface area contributed by atoms with E-state index in [0.29, 0.717) is 24.2 Å². The van der Waals surface area contributed by atoms with Crippen molar-refractivity contribution in [2.24, 2.45) is 0 Å². The zero-order valence-electron chi connectivity index (χ0n) is 19.1. The van der Waals surface area contributed by atoms with Crippen LogP contribution in [0.1, 0.15) is 36.8 Å². The van der Waals surface area contributed by atoms with Crippen molar-refractivity contribution in [2.45, 2.75) is 49.6 Å². The maximum Gasteiger partial charge on any atom is 0.272 e. The molecule has 0 bridgehead atoms. The summed E-state index contributed by atoms with van der Waals surface area (Å²) in [4.78, 5) is 30.0. The second kappa shape index (κ2) is 12.5. The van der Waals surface area contributed by atoms with Gasteiger partial charge in [-0.1, -0.05) is 78.8 Å². The van der Waals surface area contributed by atoms with E-state index in [0.717, 1.165) is 42.1 Å². The molecule has 34 heavy (non-hydrogen) atoms. The zero-order valence-corrected chi connectivity index (χ0v) is 20.7. The van der Waals surface area contributed by atoms with Gasteiger partial charge >= 0.3 is 0 Å². The fraction of sp³-hybridized carbons (Fsp3) is 0.296. The van der Waals surface area contributed by atoms with Crippen molar-refractivity contribution in [3.63, 3.8) is 0 Å². The standard InChI is InChI=1S/C27H29N3O2S2/c31-24(28-17-15-21-10-4-1-5-11-21)14-8-3-9-18-30-26(32)25-23(16-19-33-25)29-27(30)34-20-22-12-6-2-7-13-22/h1-2,4-7,10-13,16,19H,3,8-9,14-15,17-18,20H2,(H,28,31). The normalized spacial score (nSPS) is 11.1. The summed E-state index contributed by atoms with van der Waals surface area (Å²) in [7, 11) is 0. The highest BCUT2D eigenvalue weighted by Crippen LogP contribution is 2.24. The van der Waals surface area contributed by atoms with Crippen LogP contribution in [0.25, 0.3) is 10.2 Å². The van der Waals surface area contributed by atoms with Crippen LogP contribution in [0.15, 0.2) is 82.1 Å². The maximum atomic E-state index is 13.1. The Morgan fingerprint density at radius 3 is 2.44 bits per heavy atom. The topological polar surface area (TPSA) is 64.0 Å². The van der Waals surface area contributed by atoms with Crippen molar-refractivity contribution in [2.75, 3.05) is 6.54 Å². The summed E-state index contributed by atoms with van der Waals surface area (Å²) in [5.74, 6) is 0.861. The van der Waals surface area contributed by atoms with Gasteiger partial charge in [-0.15, -0.1) is 11.3 Å². The molecule has 0 saturated heterocycles. The van der Waals surface area contributed by atoms with Crippen LogP contribution >= 0.6 is 23.1 Å². The second-order valence-corrected chi connectivity index (χ2v) is 10.0. The van der Waals surface area contributed by atoms with E-state index in [1.165, 1.54) is 22.5 Å². The Bertz CT molecular complexity index is 1250. The molecule has 1 N–H and O–H groups in total. The van der Waals surface area contributed by atoms with Gasteiger partial charge in [0.25, 0.3) is 5.56 Å². The summed E-state index contributed by atoms with van der Waals surface area (Å²) in [6.07, 6.45) is 3.91. The molecular formula is C27H29N3O2S2. The van der Waals surface area contributed by atoms with Gasteiger partial charge in [-0.25, -0.2) is 4.98 Å². The first kappa shape index (κ1) is 24.2.